The standard InChI is InChI=1S/C5H11N.C4H10N2.C4H9NO.3C4H10/c1-2-4-6-5-3-1;1-2-6-4-3-5-1;1-3-6-4-2-5-1;3*1-4(2)3/h6H,1-5H2;5-6H,1-4H2;5H,1-4H2;3*4H,1-3H3. The van der Waals surface area contributed by atoms with Crippen LogP contribution in [0.1, 0.15) is 81.6 Å². The van der Waals surface area contributed by atoms with Gasteiger partial charge in [-0.1, -0.05) is 68.7 Å². The number of rotatable bonds is 0. The average molecular weight is 433 g/mol. The van der Waals surface area contributed by atoms with Crippen molar-refractivity contribution in [3.63, 3.8) is 0 Å². The summed E-state index contributed by atoms with van der Waals surface area (Å²) < 4.78 is 5.01. The van der Waals surface area contributed by atoms with Gasteiger partial charge >= 0.3 is 0 Å². The van der Waals surface area contributed by atoms with Crippen LogP contribution in [0.25, 0.3) is 0 Å². The number of hydrogen-bond donors (Lipinski definition) is 4. The molecule has 0 radical (unpaired) electrons. The van der Waals surface area contributed by atoms with Crippen LogP contribution >= 0.6 is 0 Å². The quantitative estimate of drug-likeness (QED) is 0.453. The molecule has 0 aromatic carbocycles. The molecule has 186 valence electrons. The molecule has 3 aliphatic heterocycles. The van der Waals surface area contributed by atoms with Crippen molar-refractivity contribution in [2.75, 3.05) is 65.6 Å². The van der Waals surface area contributed by atoms with Crippen molar-refractivity contribution >= 4 is 0 Å². The fourth-order valence-electron chi connectivity index (χ4n) is 1.92. The summed E-state index contributed by atoms with van der Waals surface area (Å²) >= 11 is 0. The Labute approximate surface area is 191 Å². The molecule has 5 heteroatoms. The van der Waals surface area contributed by atoms with Crippen LogP contribution in [0.2, 0.25) is 0 Å². The predicted octanol–water partition coefficient (Wildman–Crippen LogP) is 4.53. The number of piperazine rings is 1. The fourth-order valence-corrected chi connectivity index (χ4v) is 1.92. The molecule has 0 aromatic heterocycles. The molecular formula is C25H60N4O. The molecule has 3 saturated heterocycles. The van der Waals surface area contributed by atoms with Crippen molar-refractivity contribution in [1.29, 1.82) is 0 Å². The van der Waals surface area contributed by atoms with Crippen LogP contribution in [-0.2, 0) is 4.74 Å². The van der Waals surface area contributed by atoms with Crippen LogP contribution in [0.4, 0.5) is 0 Å². The van der Waals surface area contributed by atoms with Gasteiger partial charge in [0.1, 0.15) is 0 Å². The highest BCUT2D eigenvalue weighted by Crippen LogP contribution is 1.96. The summed E-state index contributed by atoms with van der Waals surface area (Å²) in [7, 11) is 0. The molecule has 0 saturated carbocycles. The van der Waals surface area contributed by atoms with E-state index in [2.05, 4.69) is 83.6 Å². The van der Waals surface area contributed by atoms with E-state index >= 15 is 0 Å². The lowest BCUT2D eigenvalue weighted by atomic mass is 10.2. The lowest BCUT2D eigenvalue weighted by molar-refractivity contribution is 0.109. The number of ether oxygens (including phenoxy) is 1. The molecule has 3 rings (SSSR count). The fraction of sp³-hybridized carbons (Fsp3) is 1.00. The molecule has 0 atom stereocenters. The monoisotopic (exact) mass is 432 g/mol. The highest BCUT2D eigenvalue weighted by molar-refractivity contribution is 4.59. The molecule has 0 bridgehead atoms. The Kier molecular flexibility index (Phi) is 35.5. The summed E-state index contributed by atoms with van der Waals surface area (Å²) in [6.07, 6.45) is 4.22. The minimum absolute atomic E-state index is 0.833. The summed E-state index contributed by atoms with van der Waals surface area (Å²) in [4.78, 5) is 0. The van der Waals surface area contributed by atoms with Gasteiger partial charge < -0.3 is 26.0 Å². The first kappa shape index (κ1) is 34.4. The highest BCUT2D eigenvalue weighted by Gasteiger charge is 1.94. The van der Waals surface area contributed by atoms with Gasteiger partial charge in [0.05, 0.1) is 13.2 Å². The van der Waals surface area contributed by atoms with Crippen molar-refractivity contribution in [2.24, 2.45) is 17.8 Å². The zero-order chi connectivity index (χ0) is 23.5. The third-order valence-corrected chi connectivity index (χ3v) is 3.01. The van der Waals surface area contributed by atoms with Gasteiger partial charge in [-0.2, -0.15) is 0 Å². The smallest absolute Gasteiger partial charge is 0.0591 e. The first-order valence-electron chi connectivity index (χ1n) is 12.6. The molecular weight excluding hydrogens is 372 g/mol. The van der Waals surface area contributed by atoms with Crippen molar-refractivity contribution in [1.82, 2.24) is 21.3 Å². The molecule has 0 spiro atoms. The molecule has 3 aliphatic rings. The maximum atomic E-state index is 5.01. The van der Waals surface area contributed by atoms with Gasteiger partial charge in [-0.3, -0.25) is 0 Å². The molecule has 0 aliphatic carbocycles. The van der Waals surface area contributed by atoms with Gasteiger partial charge in [0.2, 0.25) is 0 Å². The van der Waals surface area contributed by atoms with Gasteiger partial charge in [-0.05, 0) is 43.7 Å². The summed E-state index contributed by atoms with van der Waals surface area (Å²) in [6.45, 7) is 30.4. The van der Waals surface area contributed by atoms with Crippen molar-refractivity contribution in [3.05, 3.63) is 0 Å². The summed E-state index contributed by atoms with van der Waals surface area (Å²) in [5.74, 6) is 2.50. The number of piperidine rings is 1. The molecule has 3 heterocycles. The first-order valence-corrected chi connectivity index (χ1v) is 12.6. The summed E-state index contributed by atoms with van der Waals surface area (Å²) in [6, 6.07) is 0. The lowest BCUT2D eigenvalue weighted by Crippen LogP contribution is -2.39. The molecule has 3 fully saturated rings. The highest BCUT2D eigenvalue weighted by atomic mass is 16.5. The summed E-state index contributed by atoms with van der Waals surface area (Å²) in [5, 5.41) is 12.9. The average Bonchev–Trinajstić information content (AvgIpc) is 2.72. The Morgan fingerprint density at radius 2 is 0.667 bits per heavy atom. The van der Waals surface area contributed by atoms with E-state index in [0.29, 0.717) is 0 Å². The Bertz CT molecular complexity index is 176. The van der Waals surface area contributed by atoms with Gasteiger partial charge in [-0.25, -0.2) is 0 Å². The second-order valence-corrected chi connectivity index (χ2v) is 9.87. The van der Waals surface area contributed by atoms with E-state index < -0.39 is 0 Å². The van der Waals surface area contributed by atoms with E-state index in [0.717, 1.165) is 70.2 Å². The van der Waals surface area contributed by atoms with Crippen molar-refractivity contribution in [3.8, 4) is 0 Å². The number of hydrogen-bond acceptors (Lipinski definition) is 5. The van der Waals surface area contributed by atoms with Gasteiger partial charge in [0.15, 0.2) is 0 Å². The Balaban J connectivity index is -0.000000296. The van der Waals surface area contributed by atoms with Gasteiger partial charge in [0, 0.05) is 39.3 Å². The van der Waals surface area contributed by atoms with E-state index in [4.69, 9.17) is 4.74 Å². The van der Waals surface area contributed by atoms with Gasteiger partial charge in [0.25, 0.3) is 0 Å². The topological polar surface area (TPSA) is 57.3 Å². The maximum Gasteiger partial charge on any atom is 0.0591 e. The van der Waals surface area contributed by atoms with Crippen LogP contribution in [0, 0.1) is 17.8 Å². The van der Waals surface area contributed by atoms with Crippen LogP contribution in [0.3, 0.4) is 0 Å². The van der Waals surface area contributed by atoms with E-state index in [1.807, 2.05) is 0 Å². The van der Waals surface area contributed by atoms with Crippen molar-refractivity contribution < 1.29 is 4.74 Å². The first-order chi connectivity index (χ1) is 14.2. The molecule has 0 aromatic rings. The van der Waals surface area contributed by atoms with E-state index in [-0.39, 0.29) is 0 Å². The molecule has 30 heavy (non-hydrogen) atoms. The minimum Gasteiger partial charge on any atom is -0.379 e. The molecule has 4 N–H and O–H groups in total. The zero-order valence-corrected chi connectivity index (χ0v) is 22.3. The van der Waals surface area contributed by atoms with Crippen LogP contribution in [0.5, 0.6) is 0 Å². The minimum atomic E-state index is 0.833. The van der Waals surface area contributed by atoms with Crippen molar-refractivity contribution in [2.45, 2.75) is 81.6 Å². The number of nitrogens with one attached hydrogen (secondary N) is 4. The predicted molar refractivity (Wildman–Crippen MR) is 138 cm³/mol. The van der Waals surface area contributed by atoms with Crippen LogP contribution in [-0.4, -0.2) is 65.6 Å². The second-order valence-electron chi connectivity index (χ2n) is 9.87. The van der Waals surface area contributed by atoms with Gasteiger partial charge in [-0.15, -0.1) is 0 Å². The van der Waals surface area contributed by atoms with Crippen LogP contribution < -0.4 is 21.3 Å². The molecule has 0 unspecified atom stereocenters. The third-order valence-electron chi connectivity index (χ3n) is 3.01. The Morgan fingerprint density at radius 1 is 0.400 bits per heavy atom. The van der Waals surface area contributed by atoms with E-state index in [1.165, 1.54) is 32.4 Å². The zero-order valence-electron chi connectivity index (χ0n) is 22.3. The lowest BCUT2D eigenvalue weighted by Gasteiger charge is -2.11. The number of morpholine rings is 1. The normalized spacial score (nSPS) is 18.0. The maximum absolute atomic E-state index is 5.01. The largest absolute Gasteiger partial charge is 0.379 e. The Morgan fingerprint density at radius 3 is 0.767 bits per heavy atom. The molecule has 5 nitrogen and oxygen atoms in total. The van der Waals surface area contributed by atoms with Crippen LogP contribution in [0.15, 0.2) is 0 Å². The summed E-state index contributed by atoms with van der Waals surface area (Å²) in [5.41, 5.74) is 0. The second kappa shape index (κ2) is 31.0. The Hall–Kier alpha value is -0.200. The van der Waals surface area contributed by atoms with E-state index in [1.54, 1.807) is 0 Å². The SMILES string of the molecule is C1CCNCC1.C1CNCCN1.C1COCCN1.CC(C)C.CC(C)C.CC(C)C. The molecule has 0 amide bonds. The third kappa shape index (κ3) is 63.0. The van der Waals surface area contributed by atoms with E-state index in [9.17, 15) is 0 Å².